The molecule has 0 aliphatic rings. The molecule has 0 radical (unpaired) electrons. The van der Waals surface area contributed by atoms with E-state index in [-0.39, 0.29) is 6.61 Å². The Labute approximate surface area is 198 Å². The van der Waals surface area contributed by atoms with Crippen LogP contribution in [0.25, 0.3) is 22.7 Å². The number of hydrogen-bond donors (Lipinski definition) is 1. The third kappa shape index (κ3) is 4.79. The predicted molar refractivity (Wildman–Crippen MR) is 124 cm³/mol. The molecule has 9 heteroatoms. The second-order valence-corrected chi connectivity index (χ2v) is 8.23. The number of benzene rings is 2. The molecule has 0 aliphatic heterocycles. The summed E-state index contributed by atoms with van der Waals surface area (Å²) < 4.78 is 20.1. The zero-order valence-electron chi connectivity index (χ0n) is 17.1. The largest absolute Gasteiger partial charge is 0.489 e. The molecule has 0 fully saturated rings. The van der Waals surface area contributed by atoms with Crippen LogP contribution in [0.3, 0.4) is 0 Å². The number of aromatic nitrogens is 5. The Kier molecular flexibility index (Phi) is 5.90. The number of aromatic amines is 2. The molecule has 0 saturated heterocycles. The molecule has 5 rings (SSSR count). The number of rotatable bonds is 6. The molecule has 0 aliphatic carbocycles. The van der Waals surface area contributed by atoms with Crippen LogP contribution in [0, 0.1) is 5.82 Å². The van der Waals surface area contributed by atoms with Crippen LogP contribution in [0.2, 0.25) is 10.0 Å². The molecule has 0 unspecified atom stereocenters. The van der Waals surface area contributed by atoms with E-state index in [0.29, 0.717) is 44.9 Å². The topological polar surface area (TPSA) is 77.8 Å². The summed E-state index contributed by atoms with van der Waals surface area (Å²) in [5.74, 6) is 0.814. The standard InChI is InChI=1S/C24H16Cl2FN5O/c25-16-6-7-22(33-12-14-4-5-17(26)10-19(14)27)15(8-16)9-18-2-1-3-20(30-18)24-31-21-11-28-13-29-23(21)32-24/h1-8,10-11,13H,9,12H2,(H,28,29,31,32)/p+1. The lowest BCUT2D eigenvalue weighted by Gasteiger charge is -2.13. The van der Waals surface area contributed by atoms with Crippen LogP contribution in [0.15, 0.2) is 67.1 Å². The zero-order chi connectivity index (χ0) is 22.8. The Balaban J connectivity index is 1.40. The first-order valence-corrected chi connectivity index (χ1v) is 10.8. The number of halogens is 3. The van der Waals surface area contributed by atoms with E-state index >= 15 is 0 Å². The van der Waals surface area contributed by atoms with Gasteiger partial charge in [0.25, 0.3) is 12.0 Å². The van der Waals surface area contributed by atoms with E-state index in [4.69, 9.17) is 32.9 Å². The molecule has 0 saturated carbocycles. The lowest BCUT2D eigenvalue weighted by Crippen LogP contribution is -2.02. The zero-order valence-corrected chi connectivity index (χ0v) is 18.7. The van der Waals surface area contributed by atoms with Gasteiger partial charge in [0, 0.05) is 33.3 Å². The molecule has 6 nitrogen and oxygen atoms in total. The Morgan fingerprint density at radius 2 is 1.82 bits per heavy atom. The number of nitrogens with zero attached hydrogens (tertiary/aromatic N) is 3. The molecule has 164 valence electrons. The molecule has 2 aromatic carbocycles. The summed E-state index contributed by atoms with van der Waals surface area (Å²) in [4.78, 5) is 19.6. The highest BCUT2D eigenvalue weighted by molar-refractivity contribution is 6.30. The molecular formula is C24H17Cl2FN5O+. The van der Waals surface area contributed by atoms with Gasteiger partial charge in [0.15, 0.2) is 11.3 Å². The van der Waals surface area contributed by atoms with E-state index in [1.165, 1.54) is 6.07 Å². The average Bonchev–Trinajstić information content (AvgIpc) is 3.24. The van der Waals surface area contributed by atoms with Gasteiger partial charge in [0.05, 0.1) is 0 Å². The van der Waals surface area contributed by atoms with Gasteiger partial charge in [0.2, 0.25) is 0 Å². The summed E-state index contributed by atoms with van der Waals surface area (Å²) in [5, 5.41) is 0.915. The fraction of sp³-hybridized carbons (Fsp3) is 0.0833. The van der Waals surface area contributed by atoms with Crippen LogP contribution in [-0.4, -0.2) is 19.9 Å². The van der Waals surface area contributed by atoms with E-state index in [0.717, 1.165) is 16.8 Å². The predicted octanol–water partition coefficient (Wildman–Crippen LogP) is 5.45. The average molecular weight is 481 g/mol. The van der Waals surface area contributed by atoms with Gasteiger partial charge in [0.1, 0.15) is 30.1 Å². The highest BCUT2D eigenvalue weighted by atomic mass is 35.5. The Morgan fingerprint density at radius 3 is 2.67 bits per heavy atom. The number of fused-ring (bicyclic) bond motifs is 1. The number of ether oxygens (including phenoxy) is 1. The molecule has 2 N–H and O–H groups in total. The van der Waals surface area contributed by atoms with E-state index in [1.54, 1.807) is 36.8 Å². The van der Waals surface area contributed by atoms with Gasteiger partial charge in [-0.2, -0.15) is 4.98 Å². The van der Waals surface area contributed by atoms with Gasteiger partial charge in [-0.05, 0) is 47.4 Å². The molecule has 5 aromatic rings. The highest BCUT2D eigenvalue weighted by Crippen LogP contribution is 2.27. The van der Waals surface area contributed by atoms with Crippen molar-refractivity contribution >= 4 is 34.4 Å². The van der Waals surface area contributed by atoms with Crippen molar-refractivity contribution in [3.8, 4) is 17.3 Å². The Morgan fingerprint density at radius 1 is 0.970 bits per heavy atom. The number of pyridine rings is 1. The molecule has 0 amide bonds. The smallest absolute Gasteiger partial charge is 0.295 e. The third-order valence-corrected chi connectivity index (χ3v) is 5.51. The first kappa shape index (κ1) is 21.3. The summed E-state index contributed by atoms with van der Waals surface area (Å²) in [7, 11) is 0. The van der Waals surface area contributed by atoms with Crippen LogP contribution < -0.4 is 9.72 Å². The van der Waals surface area contributed by atoms with Gasteiger partial charge < -0.3 is 9.72 Å². The minimum Gasteiger partial charge on any atom is -0.489 e. The lowest BCUT2D eigenvalue weighted by molar-refractivity contribution is -0.380. The maximum atomic E-state index is 14.1. The first-order chi connectivity index (χ1) is 16.0. The first-order valence-electron chi connectivity index (χ1n) is 10.1. The second kappa shape index (κ2) is 9.13. The minimum atomic E-state index is -0.412. The van der Waals surface area contributed by atoms with Crippen molar-refractivity contribution in [1.82, 2.24) is 19.9 Å². The summed E-state index contributed by atoms with van der Waals surface area (Å²) >= 11 is 12.1. The van der Waals surface area contributed by atoms with Crippen LogP contribution >= 0.6 is 23.2 Å². The number of hydrogen-bond acceptors (Lipinski definition) is 4. The van der Waals surface area contributed by atoms with Crippen molar-refractivity contribution < 1.29 is 14.1 Å². The fourth-order valence-electron chi connectivity index (χ4n) is 3.44. The van der Waals surface area contributed by atoms with E-state index < -0.39 is 5.82 Å². The maximum Gasteiger partial charge on any atom is 0.295 e. The van der Waals surface area contributed by atoms with Gasteiger partial charge in [-0.15, -0.1) is 0 Å². The Bertz CT molecular complexity index is 1420. The van der Waals surface area contributed by atoms with Crippen LogP contribution in [0.4, 0.5) is 4.39 Å². The normalized spacial score (nSPS) is 11.1. The van der Waals surface area contributed by atoms with Crippen LogP contribution in [0.5, 0.6) is 5.75 Å². The molecule has 0 atom stereocenters. The molecule has 0 bridgehead atoms. The van der Waals surface area contributed by atoms with Crippen LogP contribution in [-0.2, 0) is 13.0 Å². The summed E-state index contributed by atoms with van der Waals surface area (Å²) in [6.45, 7) is 0.0636. The SMILES string of the molecule is Fc1cc(Cl)ccc1COc1ccc(Cl)cc1Cc1cccc(-c2nc3nc[nH+]cc3[nH]2)n1. The van der Waals surface area contributed by atoms with E-state index in [9.17, 15) is 4.39 Å². The maximum absolute atomic E-state index is 14.1. The Hall–Kier alpha value is -3.55. The number of nitrogens with one attached hydrogen (secondary N) is 2. The summed E-state index contributed by atoms with van der Waals surface area (Å²) in [6.07, 6.45) is 3.84. The third-order valence-electron chi connectivity index (χ3n) is 5.04. The van der Waals surface area contributed by atoms with Crippen molar-refractivity contribution in [2.24, 2.45) is 0 Å². The highest BCUT2D eigenvalue weighted by Gasteiger charge is 2.13. The van der Waals surface area contributed by atoms with E-state index in [2.05, 4.69) is 19.9 Å². The van der Waals surface area contributed by atoms with Crippen molar-refractivity contribution in [3.05, 3.63) is 99.8 Å². The molecule has 3 heterocycles. The van der Waals surface area contributed by atoms with Crippen molar-refractivity contribution in [2.75, 3.05) is 0 Å². The minimum absolute atomic E-state index is 0.0636. The van der Waals surface area contributed by atoms with E-state index in [1.807, 2.05) is 24.3 Å². The molecule has 0 spiro atoms. The monoisotopic (exact) mass is 480 g/mol. The van der Waals surface area contributed by atoms with Gasteiger partial charge >= 0.3 is 0 Å². The second-order valence-electron chi connectivity index (χ2n) is 7.36. The molecule has 3 aromatic heterocycles. The van der Waals surface area contributed by atoms with Crippen LogP contribution in [0.1, 0.15) is 16.8 Å². The molecular weight excluding hydrogens is 464 g/mol. The van der Waals surface area contributed by atoms with Gasteiger partial charge in [-0.3, -0.25) is 0 Å². The number of H-pyrrole nitrogens is 2. The summed E-state index contributed by atoms with van der Waals surface area (Å²) in [6, 6.07) is 15.6. The van der Waals surface area contributed by atoms with Gasteiger partial charge in [-0.25, -0.2) is 14.4 Å². The summed E-state index contributed by atoms with van der Waals surface area (Å²) in [5.41, 5.74) is 4.14. The van der Waals surface area contributed by atoms with Crippen molar-refractivity contribution in [1.29, 1.82) is 0 Å². The van der Waals surface area contributed by atoms with Crippen molar-refractivity contribution in [3.63, 3.8) is 0 Å². The number of imidazole rings is 1. The van der Waals surface area contributed by atoms with Crippen molar-refractivity contribution in [2.45, 2.75) is 13.0 Å². The van der Waals surface area contributed by atoms with Gasteiger partial charge in [-0.1, -0.05) is 35.3 Å². The fourth-order valence-corrected chi connectivity index (χ4v) is 3.80. The lowest BCUT2D eigenvalue weighted by atomic mass is 10.1. The molecule has 33 heavy (non-hydrogen) atoms. The quantitative estimate of drug-likeness (QED) is 0.350.